The zero-order valence-corrected chi connectivity index (χ0v) is 14.3. The Hall–Kier alpha value is -2.01. The molecular formula is C18H23ClO5. The maximum Gasteiger partial charge on any atom is 0.339 e. The number of alkyl halides is 1. The molecule has 6 heteroatoms. The van der Waals surface area contributed by atoms with Crippen LogP contribution >= 0.6 is 11.6 Å². The standard InChI is InChI=1S/C18H23ClO5/c1-2-17(20)23-13-9-5-3-4-6-12-16(19)24-15-11-8-7-10-14(15)18(21)22/h2,7-8,10-11,16H,1,3-6,9,12-13H2,(H,21,22). The van der Waals surface area contributed by atoms with E-state index in [9.17, 15) is 9.59 Å². The van der Waals surface area contributed by atoms with Gasteiger partial charge in [0.1, 0.15) is 11.3 Å². The van der Waals surface area contributed by atoms with E-state index in [1.807, 2.05) is 0 Å². The molecule has 0 fully saturated rings. The van der Waals surface area contributed by atoms with Gasteiger partial charge >= 0.3 is 11.9 Å². The monoisotopic (exact) mass is 354 g/mol. The summed E-state index contributed by atoms with van der Waals surface area (Å²) in [7, 11) is 0. The molecule has 132 valence electrons. The molecule has 0 aromatic heterocycles. The number of benzene rings is 1. The van der Waals surface area contributed by atoms with Crippen molar-refractivity contribution in [3.63, 3.8) is 0 Å². The van der Waals surface area contributed by atoms with Crippen LogP contribution in [-0.2, 0) is 9.53 Å². The number of para-hydroxylation sites is 1. The van der Waals surface area contributed by atoms with Crippen molar-refractivity contribution in [1.82, 2.24) is 0 Å². The van der Waals surface area contributed by atoms with E-state index in [2.05, 4.69) is 6.58 Å². The second kappa shape index (κ2) is 11.5. The Morgan fingerprint density at radius 3 is 2.54 bits per heavy atom. The summed E-state index contributed by atoms with van der Waals surface area (Å²) in [5.74, 6) is -1.14. The molecule has 0 aliphatic heterocycles. The molecule has 0 radical (unpaired) electrons. The van der Waals surface area contributed by atoms with Crippen molar-refractivity contribution in [2.45, 2.75) is 44.1 Å². The van der Waals surface area contributed by atoms with Crippen LogP contribution < -0.4 is 4.74 Å². The van der Waals surface area contributed by atoms with Gasteiger partial charge in [0.25, 0.3) is 0 Å². The first-order valence-electron chi connectivity index (χ1n) is 7.97. The topological polar surface area (TPSA) is 72.8 Å². The second-order valence-corrected chi connectivity index (χ2v) is 5.74. The van der Waals surface area contributed by atoms with Gasteiger partial charge in [0.2, 0.25) is 0 Å². The molecule has 1 aromatic carbocycles. The highest BCUT2D eigenvalue weighted by Gasteiger charge is 2.13. The van der Waals surface area contributed by atoms with E-state index in [-0.39, 0.29) is 11.3 Å². The molecule has 1 atom stereocenters. The summed E-state index contributed by atoms with van der Waals surface area (Å²) in [6.45, 7) is 3.74. The quantitative estimate of drug-likeness (QED) is 0.261. The molecule has 1 rings (SSSR count). The molecule has 1 N–H and O–H groups in total. The third kappa shape index (κ3) is 8.02. The predicted molar refractivity (Wildman–Crippen MR) is 92.5 cm³/mol. The van der Waals surface area contributed by atoms with Crippen LogP contribution in [0.2, 0.25) is 0 Å². The Bertz CT molecular complexity index is 544. The van der Waals surface area contributed by atoms with E-state index >= 15 is 0 Å². The zero-order chi connectivity index (χ0) is 17.8. The second-order valence-electron chi connectivity index (χ2n) is 5.26. The highest BCUT2D eigenvalue weighted by Crippen LogP contribution is 2.22. The molecule has 0 heterocycles. The van der Waals surface area contributed by atoms with Gasteiger partial charge in [-0.25, -0.2) is 9.59 Å². The lowest BCUT2D eigenvalue weighted by Crippen LogP contribution is -2.11. The number of hydrogen-bond donors (Lipinski definition) is 1. The maximum atomic E-state index is 11.1. The van der Waals surface area contributed by atoms with Gasteiger partial charge in [0, 0.05) is 6.08 Å². The number of carbonyl (C=O) groups is 2. The van der Waals surface area contributed by atoms with Gasteiger partial charge in [0.15, 0.2) is 5.56 Å². The van der Waals surface area contributed by atoms with Crippen LogP contribution in [-0.4, -0.2) is 29.2 Å². The van der Waals surface area contributed by atoms with Gasteiger partial charge in [-0.2, -0.15) is 0 Å². The fourth-order valence-corrected chi connectivity index (χ4v) is 2.36. The number of ether oxygens (including phenoxy) is 2. The number of carboxylic acid groups (broad SMARTS) is 1. The van der Waals surface area contributed by atoms with Crippen molar-refractivity contribution < 1.29 is 24.2 Å². The highest BCUT2D eigenvalue weighted by atomic mass is 35.5. The van der Waals surface area contributed by atoms with Gasteiger partial charge in [-0.15, -0.1) is 0 Å². The van der Waals surface area contributed by atoms with Gasteiger partial charge in [-0.3, -0.25) is 0 Å². The van der Waals surface area contributed by atoms with E-state index in [0.717, 1.165) is 38.2 Å². The molecule has 0 saturated heterocycles. The third-order valence-corrected chi connectivity index (χ3v) is 3.67. The number of halogens is 1. The summed E-state index contributed by atoms with van der Waals surface area (Å²) in [4.78, 5) is 21.9. The number of carbonyl (C=O) groups excluding carboxylic acids is 1. The van der Waals surface area contributed by atoms with Crippen molar-refractivity contribution in [1.29, 1.82) is 0 Å². The van der Waals surface area contributed by atoms with Gasteiger partial charge in [-0.05, 0) is 31.4 Å². The first-order chi connectivity index (χ1) is 11.5. The summed E-state index contributed by atoms with van der Waals surface area (Å²) in [6.07, 6.45) is 6.48. The minimum Gasteiger partial charge on any atom is -0.478 e. The lowest BCUT2D eigenvalue weighted by Gasteiger charge is -2.14. The van der Waals surface area contributed by atoms with Crippen LogP contribution in [0, 0.1) is 0 Å². The SMILES string of the molecule is C=CC(=O)OCCCCCCCC(Cl)Oc1ccccc1C(=O)O. The van der Waals surface area contributed by atoms with Crippen LogP contribution in [0.25, 0.3) is 0 Å². The van der Waals surface area contributed by atoms with E-state index in [4.69, 9.17) is 26.2 Å². The number of rotatable bonds is 12. The summed E-state index contributed by atoms with van der Waals surface area (Å²) in [5, 5.41) is 9.09. The molecule has 5 nitrogen and oxygen atoms in total. The average Bonchev–Trinajstić information content (AvgIpc) is 2.57. The Kier molecular flexibility index (Phi) is 9.61. The van der Waals surface area contributed by atoms with Gasteiger partial charge in [-0.1, -0.05) is 49.6 Å². The molecular weight excluding hydrogens is 332 g/mol. The summed E-state index contributed by atoms with van der Waals surface area (Å²) >= 11 is 6.12. The number of carboxylic acids is 1. The fourth-order valence-electron chi connectivity index (χ4n) is 2.11. The zero-order valence-electron chi connectivity index (χ0n) is 13.6. The predicted octanol–water partition coefficient (Wildman–Crippen LogP) is 4.40. The van der Waals surface area contributed by atoms with Crippen molar-refractivity contribution in [2.24, 2.45) is 0 Å². The van der Waals surface area contributed by atoms with Gasteiger partial charge < -0.3 is 14.6 Å². The summed E-state index contributed by atoms with van der Waals surface area (Å²) in [6, 6.07) is 6.44. The fraction of sp³-hybridized carbons (Fsp3) is 0.444. The number of aromatic carboxylic acids is 1. The number of unbranched alkanes of at least 4 members (excludes halogenated alkanes) is 4. The number of hydrogen-bond acceptors (Lipinski definition) is 4. The normalized spacial score (nSPS) is 11.5. The molecule has 1 aromatic rings. The van der Waals surface area contributed by atoms with Crippen LogP contribution in [0.3, 0.4) is 0 Å². The van der Waals surface area contributed by atoms with Crippen molar-refractivity contribution >= 4 is 23.5 Å². The smallest absolute Gasteiger partial charge is 0.339 e. The van der Waals surface area contributed by atoms with Crippen molar-refractivity contribution in [3.8, 4) is 5.75 Å². The maximum absolute atomic E-state index is 11.1. The van der Waals surface area contributed by atoms with E-state index < -0.39 is 17.5 Å². The first-order valence-corrected chi connectivity index (χ1v) is 8.40. The van der Waals surface area contributed by atoms with Crippen LogP contribution in [0.5, 0.6) is 5.75 Å². The Labute approximate surface area is 147 Å². The minimum absolute atomic E-state index is 0.109. The lowest BCUT2D eigenvalue weighted by atomic mass is 10.1. The first kappa shape index (κ1) is 20.0. The van der Waals surface area contributed by atoms with E-state index in [1.54, 1.807) is 18.2 Å². The minimum atomic E-state index is -1.04. The van der Waals surface area contributed by atoms with Crippen LogP contribution in [0.15, 0.2) is 36.9 Å². The van der Waals surface area contributed by atoms with Gasteiger partial charge in [0.05, 0.1) is 6.61 Å². The van der Waals surface area contributed by atoms with Crippen LogP contribution in [0.1, 0.15) is 48.9 Å². The Morgan fingerprint density at radius 1 is 1.17 bits per heavy atom. The molecule has 0 aliphatic carbocycles. The van der Waals surface area contributed by atoms with E-state index in [0.29, 0.717) is 13.0 Å². The average molecular weight is 355 g/mol. The molecule has 0 saturated carbocycles. The highest BCUT2D eigenvalue weighted by molar-refractivity contribution is 6.19. The molecule has 24 heavy (non-hydrogen) atoms. The number of esters is 1. The molecule has 1 unspecified atom stereocenters. The van der Waals surface area contributed by atoms with E-state index in [1.165, 1.54) is 6.07 Å². The third-order valence-electron chi connectivity index (χ3n) is 3.36. The summed E-state index contributed by atoms with van der Waals surface area (Å²) < 4.78 is 10.4. The molecule has 0 spiro atoms. The summed E-state index contributed by atoms with van der Waals surface area (Å²) in [5.41, 5.74) is -0.448. The molecule has 0 bridgehead atoms. The van der Waals surface area contributed by atoms with Crippen molar-refractivity contribution in [2.75, 3.05) is 6.61 Å². The lowest BCUT2D eigenvalue weighted by molar-refractivity contribution is -0.137. The molecule has 0 amide bonds. The Morgan fingerprint density at radius 2 is 1.83 bits per heavy atom. The molecule has 0 aliphatic rings. The van der Waals surface area contributed by atoms with Crippen molar-refractivity contribution in [3.05, 3.63) is 42.5 Å². The Balaban J connectivity index is 2.14. The van der Waals surface area contributed by atoms with Crippen LogP contribution in [0.4, 0.5) is 0 Å². The largest absolute Gasteiger partial charge is 0.478 e.